The Morgan fingerprint density at radius 1 is 1.04 bits per heavy atom. The Morgan fingerprint density at radius 3 is 2.54 bits per heavy atom. The molecular weight excluding hydrogens is 332 g/mol. The van der Waals surface area contributed by atoms with E-state index in [2.05, 4.69) is 5.32 Å². The first-order valence-corrected chi connectivity index (χ1v) is 8.35. The van der Waals surface area contributed by atoms with Gasteiger partial charge < -0.3 is 9.73 Å². The Bertz CT molecular complexity index is 1060. The van der Waals surface area contributed by atoms with Crippen LogP contribution in [0.2, 0.25) is 0 Å². The number of nitrogens with one attached hydrogen (secondary N) is 1. The molecule has 0 radical (unpaired) electrons. The summed E-state index contributed by atoms with van der Waals surface area (Å²) in [6, 6.07) is 10.5. The normalized spacial score (nSPS) is 10.9. The van der Waals surface area contributed by atoms with E-state index >= 15 is 0 Å². The maximum absolute atomic E-state index is 12.3. The van der Waals surface area contributed by atoms with E-state index in [1.165, 1.54) is 4.57 Å². The number of ketones is 1. The monoisotopic (exact) mass is 352 g/mol. The van der Waals surface area contributed by atoms with Gasteiger partial charge in [0.25, 0.3) is 0 Å². The maximum atomic E-state index is 12.3. The lowest BCUT2D eigenvalue weighted by Gasteiger charge is -2.06. The van der Waals surface area contributed by atoms with E-state index in [0.717, 1.165) is 11.1 Å². The fraction of sp³-hybridized carbons (Fsp3) is 0.250. The van der Waals surface area contributed by atoms with Gasteiger partial charge in [-0.2, -0.15) is 0 Å². The van der Waals surface area contributed by atoms with Crippen molar-refractivity contribution < 1.29 is 14.0 Å². The summed E-state index contributed by atoms with van der Waals surface area (Å²) in [5.74, 6) is -0.770. The molecule has 0 spiro atoms. The highest BCUT2D eigenvalue weighted by atomic mass is 16.4. The van der Waals surface area contributed by atoms with Gasteiger partial charge in [0.1, 0.15) is 0 Å². The first-order chi connectivity index (χ1) is 12.3. The van der Waals surface area contributed by atoms with Crippen LogP contribution in [0.4, 0.5) is 5.69 Å². The minimum atomic E-state index is -0.456. The van der Waals surface area contributed by atoms with Crippen LogP contribution in [-0.2, 0) is 11.8 Å². The van der Waals surface area contributed by atoms with Crippen LogP contribution < -0.4 is 11.1 Å². The zero-order valence-electron chi connectivity index (χ0n) is 15.0. The van der Waals surface area contributed by atoms with Crippen molar-refractivity contribution in [3.63, 3.8) is 0 Å². The summed E-state index contributed by atoms with van der Waals surface area (Å²) in [5.41, 5.74) is 4.41. The molecule has 0 saturated heterocycles. The van der Waals surface area contributed by atoms with Crippen LogP contribution in [0.25, 0.3) is 11.1 Å². The van der Waals surface area contributed by atoms with Crippen molar-refractivity contribution in [1.29, 1.82) is 0 Å². The Labute approximate surface area is 150 Å². The third kappa shape index (κ3) is 3.59. The number of amides is 1. The molecule has 0 fully saturated rings. The molecule has 0 aliphatic carbocycles. The molecular formula is C20H20N2O4. The summed E-state index contributed by atoms with van der Waals surface area (Å²) in [6.07, 6.45) is 0.231. The number of fused-ring (bicyclic) bond motifs is 1. The summed E-state index contributed by atoms with van der Waals surface area (Å²) in [5, 5.41) is 2.75. The number of nitrogens with zero attached hydrogens (tertiary/aromatic N) is 1. The van der Waals surface area contributed by atoms with Gasteiger partial charge in [-0.05, 0) is 49.2 Å². The number of carbonyl (C=O) groups excluding carboxylic acids is 2. The molecule has 0 bridgehead atoms. The van der Waals surface area contributed by atoms with Crippen LogP contribution in [0.3, 0.4) is 0 Å². The molecule has 0 unspecified atom stereocenters. The molecule has 3 aromatic rings. The molecule has 6 nitrogen and oxygen atoms in total. The summed E-state index contributed by atoms with van der Waals surface area (Å²) in [6.45, 7) is 3.95. The number of hydrogen-bond acceptors (Lipinski definition) is 4. The lowest BCUT2D eigenvalue weighted by Crippen LogP contribution is -2.14. The number of Topliss-reactive ketones (excluding diaryl/α,β-unsaturated/α-hetero) is 1. The number of carbonyl (C=O) groups is 2. The highest BCUT2D eigenvalue weighted by molar-refractivity contribution is 6.00. The topological polar surface area (TPSA) is 81.3 Å². The molecule has 0 atom stereocenters. The Morgan fingerprint density at radius 2 is 1.81 bits per heavy atom. The number of benzene rings is 2. The van der Waals surface area contributed by atoms with E-state index in [-0.39, 0.29) is 24.5 Å². The lowest BCUT2D eigenvalue weighted by atomic mass is 10.0. The molecule has 1 aromatic heterocycles. The second-order valence-electron chi connectivity index (χ2n) is 6.38. The highest BCUT2D eigenvalue weighted by Crippen LogP contribution is 2.18. The zero-order chi connectivity index (χ0) is 18.8. The molecule has 1 amide bonds. The molecule has 26 heavy (non-hydrogen) atoms. The second kappa shape index (κ2) is 7.00. The van der Waals surface area contributed by atoms with Crippen LogP contribution >= 0.6 is 0 Å². The predicted molar refractivity (Wildman–Crippen MR) is 99.6 cm³/mol. The molecule has 3 rings (SSSR count). The van der Waals surface area contributed by atoms with Crippen molar-refractivity contribution in [2.45, 2.75) is 26.7 Å². The van der Waals surface area contributed by atoms with E-state index in [0.29, 0.717) is 22.4 Å². The minimum Gasteiger partial charge on any atom is -0.408 e. The van der Waals surface area contributed by atoms with Gasteiger partial charge in [-0.25, -0.2) is 4.79 Å². The molecule has 6 heteroatoms. The quantitative estimate of drug-likeness (QED) is 0.714. The van der Waals surface area contributed by atoms with E-state index in [4.69, 9.17) is 4.42 Å². The van der Waals surface area contributed by atoms with Crippen LogP contribution in [0.5, 0.6) is 0 Å². The third-order valence-electron chi connectivity index (χ3n) is 4.48. The first-order valence-electron chi connectivity index (χ1n) is 8.35. The smallest absolute Gasteiger partial charge is 0.408 e. The van der Waals surface area contributed by atoms with Crippen molar-refractivity contribution in [2.24, 2.45) is 7.05 Å². The zero-order valence-corrected chi connectivity index (χ0v) is 15.0. The van der Waals surface area contributed by atoms with Crippen molar-refractivity contribution >= 4 is 28.5 Å². The molecule has 0 saturated carbocycles. The van der Waals surface area contributed by atoms with Gasteiger partial charge in [0.15, 0.2) is 11.4 Å². The van der Waals surface area contributed by atoms with Gasteiger partial charge in [0, 0.05) is 31.1 Å². The minimum absolute atomic E-state index is 0.0593. The lowest BCUT2D eigenvalue weighted by molar-refractivity contribution is -0.116. The molecule has 0 aliphatic heterocycles. The Hall–Kier alpha value is -3.15. The number of oxazole rings is 1. The van der Waals surface area contributed by atoms with Crippen molar-refractivity contribution in [1.82, 2.24) is 4.57 Å². The average Bonchev–Trinajstić information content (AvgIpc) is 2.89. The third-order valence-corrected chi connectivity index (χ3v) is 4.48. The van der Waals surface area contributed by atoms with Gasteiger partial charge in [-0.3, -0.25) is 14.2 Å². The fourth-order valence-corrected chi connectivity index (χ4v) is 2.71. The van der Waals surface area contributed by atoms with Gasteiger partial charge in [-0.15, -0.1) is 0 Å². The van der Waals surface area contributed by atoms with Gasteiger partial charge >= 0.3 is 5.76 Å². The standard InChI is InChI=1S/C20H20N2O4/c1-12-4-5-14(10-13(12)2)17(23)7-9-19(24)21-15-6-8-18-16(11-15)22(3)20(25)26-18/h4-6,8,10-11H,7,9H2,1-3H3,(H,21,24). The summed E-state index contributed by atoms with van der Waals surface area (Å²) >= 11 is 0. The number of hydrogen-bond donors (Lipinski definition) is 1. The van der Waals surface area contributed by atoms with Crippen LogP contribution in [0.1, 0.15) is 34.3 Å². The van der Waals surface area contributed by atoms with E-state index in [9.17, 15) is 14.4 Å². The predicted octanol–water partition coefficient (Wildman–Crippen LogP) is 3.35. The molecule has 0 aliphatic rings. The molecule has 134 valence electrons. The molecule has 1 heterocycles. The van der Waals surface area contributed by atoms with Crippen molar-refractivity contribution in [3.05, 3.63) is 63.6 Å². The summed E-state index contributed by atoms with van der Waals surface area (Å²) < 4.78 is 6.42. The summed E-state index contributed by atoms with van der Waals surface area (Å²) in [4.78, 5) is 35.9. The fourth-order valence-electron chi connectivity index (χ4n) is 2.71. The largest absolute Gasteiger partial charge is 0.419 e. The van der Waals surface area contributed by atoms with E-state index in [1.807, 2.05) is 26.0 Å². The number of aromatic nitrogens is 1. The number of rotatable bonds is 5. The van der Waals surface area contributed by atoms with Crippen molar-refractivity contribution in [2.75, 3.05) is 5.32 Å². The highest BCUT2D eigenvalue weighted by Gasteiger charge is 2.12. The van der Waals surface area contributed by atoms with Crippen LogP contribution in [-0.4, -0.2) is 16.3 Å². The Balaban J connectivity index is 1.63. The first kappa shape index (κ1) is 17.7. The Kier molecular flexibility index (Phi) is 4.75. The average molecular weight is 352 g/mol. The van der Waals surface area contributed by atoms with E-state index < -0.39 is 5.76 Å². The maximum Gasteiger partial charge on any atom is 0.419 e. The second-order valence-corrected chi connectivity index (χ2v) is 6.38. The number of anilines is 1. The van der Waals surface area contributed by atoms with Crippen LogP contribution in [0.15, 0.2) is 45.6 Å². The van der Waals surface area contributed by atoms with Gasteiger partial charge in [-0.1, -0.05) is 12.1 Å². The van der Waals surface area contributed by atoms with E-state index in [1.54, 1.807) is 31.3 Å². The molecule has 2 aromatic carbocycles. The molecule has 1 N–H and O–H groups in total. The SMILES string of the molecule is Cc1ccc(C(=O)CCC(=O)Nc2ccc3oc(=O)n(C)c3c2)cc1C. The summed E-state index contributed by atoms with van der Waals surface area (Å²) in [7, 11) is 1.60. The van der Waals surface area contributed by atoms with Crippen molar-refractivity contribution in [3.8, 4) is 0 Å². The number of aryl methyl sites for hydroxylation is 3. The van der Waals surface area contributed by atoms with Gasteiger partial charge in [0.2, 0.25) is 5.91 Å². The van der Waals surface area contributed by atoms with Gasteiger partial charge in [0.05, 0.1) is 5.52 Å². The van der Waals surface area contributed by atoms with Crippen LogP contribution in [0, 0.1) is 13.8 Å².